The number of nitrogens with zero attached hydrogens (tertiary/aromatic N) is 5. The number of hydrogen-bond acceptors (Lipinski definition) is 5. The Morgan fingerprint density at radius 3 is 2.70 bits per heavy atom. The molecule has 2 aromatic heterocycles. The molecule has 0 atom stereocenters. The van der Waals surface area contributed by atoms with Gasteiger partial charge in [-0.2, -0.15) is 5.10 Å². The average Bonchev–Trinajstić information content (AvgIpc) is 2.90. The molecule has 7 heteroatoms. The van der Waals surface area contributed by atoms with Crippen molar-refractivity contribution < 1.29 is 9.53 Å². The highest BCUT2D eigenvalue weighted by Crippen LogP contribution is 2.22. The molecule has 0 N–H and O–H groups in total. The minimum absolute atomic E-state index is 0.260. The minimum Gasteiger partial charge on any atom is -0.466 e. The topological polar surface area (TPSA) is 74.8 Å². The van der Waals surface area contributed by atoms with E-state index in [4.69, 9.17) is 4.74 Å². The quantitative estimate of drug-likeness (QED) is 0.607. The van der Waals surface area contributed by atoms with E-state index in [1.165, 1.54) is 6.92 Å². The van der Waals surface area contributed by atoms with Crippen molar-refractivity contribution in [1.82, 2.24) is 24.5 Å². The lowest BCUT2D eigenvalue weighted by molar-refractivity contribution is -0.141. The van der Waals surface area contributed by atoms with E-state index in [-0.39, 0.29) is 5.97 Å². The second-order valence-electron chi connectivity index (χ2n) is 4.72. The van der Waals surface area contributed by atoms with Crippen LogP contribution in [0.15, 0.2) is 6.33 Å². The summed E-state index contributed by atoms with van der Waals surface area (Å²) in [6.07, 6.45) is 2.38. The molecule has 0 aromatic carbocycles. The smallest absolute Gasteiger partial charge is 0.302 e. The van der Waals surface area contributed by atoms with Crippen LogP contribution in [0.4, 0.5) is 0 Å². The fraction of sp³-hybridized carbons (Fsp3) is 0.538. The lowest BCUT2D eigenvalue weighted by Crippen LogP contribution is -2.08. The molecule has 2 heterocycles. The maximum Gasteiger partial charge on any atom is 0.302 e. The van der Waals surface area contributed by atoms with E-state index in [0.29, 0.717) is 25.4 Å². The monoisotopic (exact) mass is 277 g/mol. The van der Waals surface area contributed by atoms with Gasteiger partial charge in [-0.3, -0.25) is 14.2 Å². The van der Waals surface area contributed by atoms with Gasteiger partial charge in [0.1, 0.15) is 12.0 Å². The number of carbonyl (C=O) groups excluding carboxylic acids is 1. The zero-order valence-electron chi connectivity index (χ0n) is 12.3. The third-order valence-electron chi connectivity index (χ3n) is 3.06. The largest absolute Gasteiger partial charge is 0.466 e. The van der Waals surface area contributed by atoms with E-state index in [1.807, 2.05) is 25.6 Å². The summed E-state index contributed by atoms with van der Waals surface area (Å²) in [5.74, 6) is 0.405. The van der Waals surface area contributed by atoms with Gasteiger partial charge in [0, 0.05) is 32.5 Å². The lowest BCUT2D eigenvalue weighted by atomic mass is 10.2. The molecule has 7 nitrogen and oxygen atoms in total. The van der Waals surface area contributed by atoms with Crippen LogP contribution >= 0.6 is 0 Å². The molecule has 0 amide bonds. The summed E-state index contributed by atoms with van der Waals surface area (Å²) in [5, 5.41) is 8.83. The molecule has 0 unspecified atom stereocenters. The molecule has 0 saturated carbocycles. The minimum atomic E-state index is -0.260. The van der Waals surface area contributed by atoms with Gasteiger partial charge in [-0.25, -0.2) is 4.98 Å². The van der Waals surface area contributed by atoms with Gasteiger partial charge in [-0.1, -0.05) is 0 Å². The third-order valence-corrected chi connectivity index (χ3v) is 3.06. The fourth-order valence-corrected chi connectivity index (χ4v) is 1.99. The summed E-state index contributed by atoms with van der Waals surface area (Å²) in [5.41, 5.74) is 2.95. The van der Waals surface area contributed by atoms with Crippen LogP contribution in [-0.4, -0.2) is 37.1 Å². The molecule has 0 aliphatic carbocycles. The number of rotatable bonds is 5. The van der Waals surface area contributed by atoms with Crippen LogP contribution in [0.3, 0.4) is 0 Å². The molecule has 0 spiro atoms. The first-order chi connectivity index (χ1) is 9.49. The molecule has 108 valence electrons. The predicted octanol–water partition coefficient (Wildman–Crippen LogP) is 1.25. The van der Waals surface area contributed by atoms with Crippen LogP contribution in [0.5, 0.6) is 0 Å². The molecule has 0 fully saturated rings. The van der Waals surface area contributed by atoms with Gasteiger partial charge < -0.3 is 4.74 Å². The summed E-state index contributed by atoms with van der Waals surface area (Å²) in [4.78, 5) is 15.0. The summed E-state index contributed by atoms with van der Waals surface area (Å²) >= 11 is 0. The lowest BCUT2D eigenvalue weighted by Gasteiger charge is -2.06. The standard InChI is InChI=1S/C13H19N5O2/c1-9-10(2)15-18(6-5-7-20-11(3)19)12(9)13-14-8-17(4)16-13/h8H,5-7H2,1-4H3. The van der Waals surface area contributed by atoms with Crippen LogP contribution in [0.2, 0.25) is 0 Å². The van der Waals surface area contributed by atoms with Gasteiger partial charge in [0.2, 0.25) is 0 Å². The first-order valence-electron chi connectivity index (χ1n) is 6.52. The van der Waals surface area contributed by atoms with Gasteiger partial charge in [-0.05, 0) is 13.8 Å². The molecule has 20 heavy (non-hydrogen) atoms. The zero-order chi connectivity index (χ0) is 14.7. The SMILES string of the molecule is CC(=O)OCCCn1nc(C)c(C)c1-c1ncn(C)n1. The maximum absolute atomic E-state index is 10.7. The molecule has 2 rings (SSSR count). The third kappa shape index (κ3) is 3.04. The Morgan fingerprint density at radius 2 is 2.10 bits per heavy atom. The zero-order valence-corrected chi connectivity index (χ0v) is 12.3. The molecular formula is C13H19N5O2. The Morgan fingerprint density at radius 1 is 1.35 bits per heavy atom. The Hall–Kier alpha value is -2.18. The van der Waals surface area contributed by atoms with Gasteiger partial charge in [0.25, 0.3) is 0 Å². The fourth-order valence-electron chi connectivity index (χ4n) is 1.99. The molecular weight excluding hydrogens is 258 g/mol. The normalized spacial score (nSPS) is 10.8. The van der Waals surface area contributed by atoms with Crippen LogP contribution in [-0.2, 0) is 23.1 Å². The van der Waals surface area contributed by atoms with Crippen molar-refractivity contribution in [2.45, 2.75) is 33.7 Å². The number of hydrogen-bond donors (Lipinski definition) is 0. The highest BCUT2D eigenvalue weighted by molar-refractivity contribution is 5.65. The van der Waals surface area contributed by atoms with Crippen molar-refractivity contribution in [2.24, 2.45) is 7.05 Å². The molecule has 0 radical (unpaired) electrons. The van der Waals surface area contributed by atoms with Crippen LogP contribution < -0.4 is 0 Å². The summed E-state index contributed by atoms with van der Waals surface area (Å²) in [7, 11) is 1.83. The van der Waals surface area contributed by atoms with Crippen molar-refractivity contribution in [3.05, 3.63) is 17.6 Å². The van der Waals surface area contributed by atoms with Gasteiger partial charge in [-0.15, -0.1) is 5.10 Å². The number of carbonyl (C=O) groups is 1. The summed E-state index contributed by atoms with van der Waals surface area (Å²) in [6.45, 7) is 6.43. The second kappa shape index (κ2) is 5.85. The molecule has 0 aliphatic heterocycles. The molecule has 0 bridgehead atoms. The van der Waals surface area contributed by atoms with E-state index in [9.17, 15) is 4.79 Å². The van der Waals surface area contributed by atoms with Gasteiger partial charge >= 0.3 is 5.97 Å². The van der Waals surface area contributed by atoms with Crippen molar-refractivity contribution in [2.75, 3.05) is 6.61 Å². The highest BCUT2D eigenvalue weighted by atomic mass is 16.5. The van der Waals surface area contributed by atoms with E-state index in [1.54, 1.807) is 11.0 Å². The van der Waals surface area contributed by atoms with Crippen molar-refractivity contribution in [3.8, 4) is 11.5 Å². The second-order valence-corrected chi connectivity index (χ2v) is 4.72. The Bertz CT molecular complexity index is 614. The van der Waals surface area contributed by atoms with E-state index in [2.05, 4.69) is 15.2 Å². The average molecular weight is 277 g/mol. The number of aromatic nitrogens is 5. The first-order valence-corrected chi connectivity index (χ1v) is 6.52. The Labute approximate surface area is 117 Å². The van der Waals surface area contributed by atoms with Gasteiger partial charge in [0.05, 0.1) is 12.3 Å². The van der Waals surface area contributed by atoms with E-state index < -0.39 is 0 Å². The number of esters is 1. The highest BCUT2D eigenvalue weighted by Gasteiger charge is 2.16. The number of aryl methyl sites for hydroxylation is 3. The van der Waals surface area contributed by atoms with Crippen molar-refractivity contribution in [1.29, 1.82) is 0 Å². The van der Waals surface area contributed by atoms with Crippen molar-refractivity contribution in [3.63, 3.8) is 0 Å². The molecule has 0 aliphatic rings. The van der Waals surface area contributed by atoms with Crippen molar-refractivity contribution >= 4 is 5.97 Å². The van der Waals surface area contributed by atoms with Gasteiger partial charge in [0.15, 0.2) is 5.82 Å². The predicted molar refractivity (Wildman–Crippen MR) is 72.9 cm³/mol. The van der Waals surface area contributed by atoms with Crippen LogP contribution in [0.25, 0.3) is 11.5 Å². The van der Waals surface area contributed by atoms with E-state index >= 15 is 0 Å². The Kier molecular flexibility index (Phi) is 4.16. The first kappa shape index (κ1) is 14.2. The molecule has 2 aromatic rings. The van der Waals surface area contributed by atoms with Crippen LogP contribution in [0, 0.1) is 13.8 Å². The summed E-state index contributed by atoms with van der Waals surface area (Å²) in [6, 6.07) is 0. The number of ether oxygens (including phenoxy) is 1. The summed E-state index contributed by atoms with van der Waals surface area (Å²) < 4.78 is 8.48. The maximum atomic E-state index is 10.7. The van der Waals surface area contributed by atoms with E-state index in [0.717, 1.165) is 17.0 Å². The Balaban J connectivity index is 2.16. The molecule has 0 saturated heterocycles. The van der Waals surface area contributed by atoms with Crippen LogP contribution in [0.1, 0.15) is 24.6 Å².